The van der Waals surface area contributed by atoms with Gasteiger partial charge in [-0.25, -0.2) is 4.79 Å². The first-order valence-electron chi connectivity index (χ1n) is 4.48. The van der Waals surface area contributed by atoms with E-state index in [9.17, 15) is 4.79 Å². The molecule has 1 aromatic carbocycles. The molecule has 0 fully saturated rings. The summed E-state index contributed by atoms with van der Waals surface area (Å²) in [5.74, 6) is 0. The Morgan fingerprint density at radius 1 is 1.43 bits per heavy atom. The second-order valence-electron chi connectivity index (χ2n) is 2.61. The van der Waals surface area contributed by atoms with Crippen molar-refractivity contribution in [2.24, 2.45) is 0 Å². The van der Waals surface area contributed by atoms with Crippen molar-refractivity contribution in [1.82, 2.24) is 5.32 Å². The highest BCUT2D eigenvalue weighted by Gasteiger charge is 1.93. The van der Waals surface area contributed by atoms with E-state index < -0.39 is 6.09 Å². The molecule has 0 heterocycles. The van der Waals surface area contributed by atoms with Gasteiger partial charge in [0.15, 0.2) is 0 Å². The van der Waals surface area contributed by atoms with E-state index in [-0.39, 0.29) is 0 Å². The Labute approximate surface area is 83.4 Å². The van der Waals surface area contributed by atoms with Crippen molar-refractivity contribution in [3.8, 4) is 0 Å². The molecule has 0 aliphatic carbocycles. The lowest BCUT2D eigenvalue weighted by molar-refractivity contribution is 0.156. The Balaban J connectivity index is 2.38. The summed E-state index contributed by atoms with van der Waals surface area (Å²) in [5, 5.41) is 2.49. The molecule has 1 N–H and O–H groups in total. The number of nitrogens with one attached hydrogen (secondary N) is 1. The lowest BCUT2D eigenvalue weighted by atomic mass is 10.2. The van der Waals surface area contributed by atoms with Crippen molar-refractivity contribution in [2.45, 2.75) is 6.92 Å². The third kappa shape index (κ3) is 3.76. The monoisotopic (exact) mass is 191 g/mol. The lowest BCUT2D eigenvalue weighted by Gasteiger charge is -1.98. The molecule has 0 radical (unpaired) electrons. The number of rotatable bonds is 3. The molecule has 0 aliphatic rings. The predicted octanol–water partition coefficient (Wildman–Crippen LogP) is 2.40. The number of hydrogen-bond donors (Lipinski definition) is 1. The molecule has 1 amide bonds. The molecular weight excluding hydrogens is 178 g/mol. The SMILES string of the molecule is CCOC(=O)N/C=C/c1ccccc1. The number of alkyl carbamates (subject to hydrolysis) is 1. The quantitative estimate of drug-likeness (QED) is 0.796. The van der Waals surface area contributed by atoms with Crippen LogP contribution in [0.15, 0.2) is 36.5 Å². The van der Waals surface area contributed by atoms with Gasteiger partial charge in [-0.1, -0.05) is 30.3 Å². The summed E-state index contributed by atoms with van der Waals surface area (Å²) in [7, 11) is 0. The Morgan fingerprint density at radius 3 is 2.79 bits per heavy atom. The zero-order chi connectivity index (χ0) is 10.2. The maximum Gasteiger partial charge on any atom is 0.411 e. The van der Waals surface area contributed by atoms with Crippen LogP contribution < -0.4 is 5.32 Å². The molecule has 0 saturated carbocycles. The second kappa shape index (κ2) is 5.80. The first kappa shape index (κ1) is 10.3. The number of benzene rings is 1. The highest BCUT2D eigenvalue weighted by atomic mass is 16.5. The molecule has 0 saturated heterocycles. The molecule has 1 rings (SSSR count). The molecule has 0 aromatic heterocycles. The van der Waals surface area contributed by atoms with Crippen LogP contribution in [0, 0.1) is 0 Å². The van der Waals surface area contributed by atoms with E-state index in [2.05, 4.69) is 10.1 Å². The van der Waals surface area contributed by atoms with Gasteiger partial charge in [-0.3, -0.25) is 5.32 Å². The van der Waals surface area contributed by atoms with Gasteiger partial charge in [0.25, 0.3) is 0 Å². The molecule has 14 heavy (non-hydrogen) atoms. The van der Waals surface area contributed by atoms with E-state index in [4.69, 9.17) is 0 Å². The van der Waals surface area contributed by atoms with Crippen molar-refractivity contribution in [1.29, 1.82) is 0 Å². The molecule has 0 aliphatic heterocycles. The Kier molecular flexibility index (Phi) is 4.27. The molecule has 74 valence electrons. The topological polar surface area (TPSA) is 38.3 Å². The standard InChI is InChI=1S/C11H13NO2/c1-2-14-11(13)12-9-8-10-6-4-3-5-7-10/h3-9H,2H2,1H3,(H,12,13)/b9-8+. The highest BCUT2D eigenvalue weighted by molar-refractivity contribution is 5.69. The first-order chi connectivity index (χ1) is 6.83. The summed E-state index contributed by atoms with van der Waals surface area (Å²) >= 11 is 0. The fraction of sp³-hybridized carbons (Fsp3) is 0.182. The summed E-state index contributed by atoms with van der Waals surface area (Å²) < 4.78 is 4.68. The molecule has 0 unspecified atom stereocenters. The zero-order valence-electron chi connectivity index (χ0n) is 8.07. The molecule has 0 bridgehead atoms. The summed E-state index contributed by atoms with van der Waals surface area (Å²) in [6.45, 7) is 2.14. The van der Waals surface area contributed by atoms with Gasteiger partial charge < -0.3 is 4.74 Å². The van der Waals surface area contributed by atoms with Crippen molar-refractivity contribution in [3.63, 3.8) is 0 Å². The minimum atomic E-state index is -0.431. The van der Waals surface area contributed by atoms with E-state index in [1.165, 1.54) is 0 Å². The van der Waals surface area contributed by atoms with Gasteiger partial charge in [-0.15, -0.1) is 0 Å². The second-order valence-corrected chi connectivity index (χ2v) is 2.61. The average Bonchev–Trinajstić information content (AvgIpc) is 2.20. The molecular formula is C11H13NO2. The summed E-state index contributed by atoms with van der Waals surface area (Å²) in [6, 6.07) is 9.71. The Bertz CT molecular complexity index is 306. The normalized spacial score (nSPS) is 10.1. The van der Waals surface area contributed by atoms with Crippen molar-refractivity contribution in [2.75, 3.05) is 6.61 Å². The summed E-state index contributed by atoms with van der Waals surface area (Å²) in [6.07, 6.45) is 2.93. The van der Waals surface area contributed by atoms with Crippen molar-refractivity contribution < 1.29 is 9.53 Å². The predicted molar refractivity (Wildman–Crippen MR) is 55.6 cm³/mol. The van der Waals surface area contributed by atoms with Crippen LogP contribution in [0.1, 0.15) is 12.5 Å². The van der Waals surface area contributed by atoms with E-state index in [0.717, 1.165) is 5.56 Å². The third-order valence-electron chi connectivity index (χ3n) is 1.55. The number of hydrogen-bond acceptors (Lipinski definition) is 2. The number of ether oxygens (including phenoxy) is 1. The Hall–Kier alpha value is -1.77. The van der Waals surface area contributed by atoms with Crippen LogP contribution in [-0.2, 0) is 4.74 Å². The fourth-order valence-electron chi connectivity index (χ4n) is 0.943. The largest absolute Gasteiger partial charge is 0.450 e. The summed E-state index contributed by atoms with van der Waals surface area (Å²) in [4.78, 5) is 10.8. The van der Waals surface area contributed by atoms with Gasteiger partial charge in [0.2, 0.25) is 0 Å². The minimum Gasteiger partial charge on any atom is -0.450 e. The fourth-order valence-corrected chi connectivity index (χ4v) is 0.943. The van der Waals surface area contributed by atoms with Crippen LogP contribution in [0.25, 0.3) is 6.08 Å². The molecule has 3 heteroatoms. The molecule has 0 atom stereocenters. The lowest BCUT2D eigenvalue weighted by Crippen LogP contribution is -2.17. The van der Waals surface area contributed by atoms with Crippen LogP contribution in [0.2, 0.25) is 0 Å². The first-order valence-corrected chi connectivity index (χ1v) is 4.48. The van der Waals surface area contributed by atoms with E-state index in [1.807, 2.05) is 30.3 Å². The molecule has 3 nitrogen and oxygen atoms in total. The minimum absolute atomic E-state index is 0.380. The van der Waals surface area contributed by atoms with Gasteiger partial charge in [0.05, 0.1) is 6.61 Å². The van der Waals surface area contributed by atoms with Crippen molar-refractivity contribution >= 4 is 12.2 Å². The van der Waals surface area contributed by atoms with Crippen LogP contribution in [0.4, 0.5) is 4.79 Å². The molecule has 0 spiro atoms. The average molecular weight is 191 g/mol. The van der Waals surface area contributed by atoms with Gasteiger partial charge in [0, 0.05) is 6.20 Å². The molecule has 1 aromatic rings. The van der Waals surface area contributed by atoms with Gasteiger partial charge >= 0.3 is 6.09 Å². The Morgan fingerprint density at radius 2 is 2.14 bits per heavy atom. The maximum atomic E-state index is 10.8. The van der Waals surface area contributed by atoms with Crippen LogP contribution in [-0.4, -0.2) is 12.7 Å². The van der Waals surface area contributed by atoms with E-state index in [1.54, 1.807) is 19.2 Å². The van der Waals surface area contributed by atoms with Crippen LogP contribution >= 0.6 is 0 Å². The number of carbonyl (C=O) groups is 1. The zero-order valence-corrected chi connectivity index (χ0v) is 8.07. The number of amides is 1. The van der Waals surface area contributed by atoms with Gasteiger partial charge in [-0.05, 0) is 18.6 Å². The smallest absolute Gasteiger partial charge is 0.411 e. The van der Waals surface area contributed by atoms with Crippen LogP contribution in [0.5, 0.6) is 0 Å². The van der Waals surface area contributed by atoms with Crippen LogP contribution in [0.3, 0.4) is 0 Å². The number of carbonyl (C=O) groups excluding carboxylic acids is 1. The third-order valence-corrected chi connectivity index (χ3v) is 1.55. The highest BCUT2D eigenvalue weighted by Crippen LogP contribution is 1.99. The van der Waals surface area contributed by atoms with Gasteiger partial charge in [0.1, 0.15) is 0 Å². The maximum absolute atomic E-state index is 10.8. The van der Waals surface area contributed by atoms with Gasteiger partial charge in [-0.2, -0.15) is 0 Å². The van der Waals surface area contributed by atoms with E-state index >= 15 is 0 Å². The van der Waals surface area contributed by atoms with E-state index in [0.29, 0.717) is 6.61 Å². The summed E-state index contributed by atoms with van der Waals surface area (Å²) in [5.41, 5.74) is 1.03. The van der Waals surface area contributed by atoms with Crippen molar-refractivity contribution in [3.05, 3.63) is 42.1 Å².